The predicted octanol–water partition coefficient (Wildman–Crippen LogP) is 6.81. The van der Waals surface area contributed by atoms with Crippen LogP contribution in [0.5, 0.6) is 23.0 Å². The number of ether oxygens (including phenoxy) is 5. The first-order chi connectivity index (χ1) is 33.8. The molecular weight excluding hydrogens is 873 g/mol. The highest BCUT2D eigenvalue weighted by Crippen LogP contribution is 2.66. The molecule has 5 aliphatic heterocycles. The first-order valence-electron chi connectivity index (χ1n) is 23.3. The summed E-state index contributed by atoms with van der Waals surface area (Å²) >= 11 is 0. The second-order valence-corrected chi connectivity index (χ2v) is 17.9. The number of hydrogen-bond acceptors (Lipinski definition) is 11. The fraction of sp³-hybridized carbons (Fsp3) is 0.268. The van der Waals surface area contributed by atoms with Crippen molar-refractivity contribution in [2.75, 3.05) is 58.6 Å². The molecule has 69 heavy (non-hydrogen) atoms. The van der Waals surface area contributed by atoms with Crippen LogP contribution in [-0.2, 0) is 31.1 Å². The molecule has 348 valence electrons. The molecule has 11 rings (SSSR count). The third-order valence-electron chi connectivity index (χ3n) is 14.1. The molecule has 6 aromatic carbocycles. The molecule has 2 N–H and O–H groups in total. The van der Waals surface area contributed by atoms with Crippen molar-refractivity contribution >= 4 is 23.5 Å². The van der Waals surface area contributed by atoms with E-state index in [9.17, 15) is 5.11 Å². The molecule has 6 atom stereocenters. The number of aliphatic hydroxyl groups excluding tert-OH is 1. The van der Waals surface area contributed by atoms with Crippen molar-refractivity contribution in [1.82, 2.24) is 14.7 Å². The Labute approximate surface area is 400 Å². The molecule has 0 unspecified atom stereocenters. The second kappa shape index (κ2) is 18.5. The van der Waals surface area contributed by atoms with E-state index in [1.165, 1.54) is 0 Å². The number of anilines is 1. The molecular formula is C56H50N4O9. The monoisotopic (exact) mass is 922 g/mol. The number of para-hydroxylation sites is 1. The number of cyclic esters (lactones) is 1. The van der Waals surface area contributed by atoms with E-state index in [0.29, 0.717) is 78.1 Å². The number of nitrogens with zero attached hydrogens (tertiary/aromatic N) is 3. The summed E-state index contributed by atoms with van der Waals surface area (Å²) in [7, 11) is 1.61. The summed E-state index contributed by atoms with van der Waals surface area (Å²) in [5.41, 5.74) is 3.93. The lowest BCUT2D eigenvalue weighted by atomic mass is 9.64. The number of piperazine rings is 1. The molecule has 1 spiro atoms. The van der Waals surface area contributed by atoms with E-state index < -0.39 is 47.4 Å². The highest BCUT2D eigenvalue weighted by molar-refractivity contribution is 6.12. The number of nitrogens with one attached hydrogen (secondary N) is 1. The lowest BCUT2D eigenvalue weighted by Gasteiger charge is -2.46. The standard InChI is InChI=1S/C56H50N4O9/c1-65-41-22-18-36(19-23-41)16-17-37-20-24-44-43(32-37)56(55(64)57-44)48(53(62)59-28-26-58(27-29-59)34-38-21-25-46-47(33-38)68-35-67-46)50-54(63)69-51(40-12-6-3-7-13-40)49(39-10-4-2-5-11-39)60(50)52(56)42-14-8-9-15-45(42)66-31-30-61/h2-15,18-25,32-33,48-52,61H,26-31,34-35H2,1H3,(H,57,64)/t48-,49-,50-,51+,52+,56-/m0/s1. The molecule has 0 aliphatic carbocycles. The number of rotatable bonds is 10. The van der Waals surface area contributed by atoms with Crippen LogP contribution in [0.15, 0.2) is 146 Å². The highest BCUT2D eigenvalue weighted by atomic mass is 16.7. The lowest BCUT2D eigenvalue weighted by Crippen LogP contribution is -2.58. The van der Waals surface area contributed by atoms with Crippen molar-refractivity contribution < 1.29 is 43.2 Å². The predicted molar refractivity (Wildman–Crippen MR) is 255 cm³/mol. The van der Waals surface area contributed by atoms with Gasteiger partial charge in [0.05, 0.1) is 31.7 Å². The Morgan fingerprint density at radius 2 is 1.46 bits per heavy atom. The molecule has 2 amide bonds. The Kier molecular flexibility index (Phi) is 11.7. The minimum absolute atomic E-state index is 0.0241. The van der Waals surface area contributed by atoms with Crippen molar-refractivity contribution in [3.05, 3.63) is 185 Å². The van der Waals surface area contributed by atoms with E-state index in [2.05, 4.69) is 27.0 Å². The smallest absolute Gasteiger partial charge is 0.324 e. The van der Waals surface area contributed by atoms with Crippen LogP contribution in [-0.4, -0.2) is 96.9 Å². The van der Waals surface area contributed by atoms with Gasteiger partial charge in [0, 0.05) is 55.1 Å². The molecule has 3 fully saturated rings. The Balaban J connectivity index is 1.09. The molecule has 13 nitrogen and oxygen atoms in total. The summed E-state index contributed by atoms with van der Waals surface area (Å²) in [6, 6.07) is 42.9. The first kappa shape index (κ1) is 43.9. The maximum atomic E-state index is 16.1. The van der Waals surface area contributed by atoms with Gasteiger partial charge in [-0.1, -0.05) is 96.8 Å². The normalized spacial score (nSPS) is 23.6. The van der Waals surface area contributed by atoms with Gasteiger partial charge in [-0.15, -0.1) is 0 Å². The van der Waals surface area contributed by atoms with Crippen LogP contribution in [0, 0.1) is 17.8 Å². The minimum atomic E-state index is -1.74. The molecule has 0 aromatic heterocycles. The summed E-state index contributed by atoms with van der Waals surface area (Å²) in [5, 5.41) is 13.3. The van der Waals surface area contributed by atoms with Gasteiger partial charge in [0.2, 0.25) is 18.6 Å². The summed E-state index contributed by atoms with van der Waals surface area (Å²) in [5.74, 6) is 6.49. The van der Waals surface area contributed by atoms with E-state index >= 15 is 14.4 Å². The number of morpholine rings is 1. The van der Waals surface area contributed by atoms with Crippen LogP contribution >= 0.6 is 0 Å². The lowest BCUT2D eigenvalue weighted by molar-refractivity contribution is -0.179. The maximum Gasteiger partial charge on any atom is 0.324 e. The number of carbonyl (C=O) groups is 3. The van der Waals surface area contributed by atoms with Gasteiger partial charge >= 0.3 is 5.97 Å². The van der Waals surface area contributed by atoms with E-state index in [1.807, 2.05) is 144 Å². The minimum Gasteiger partial charge on any atom is -0.497 e. The highest BCUT2D eigenvalue weighted by Gasteiger charge is 2.74. The third kappa shape index (κ3) is 7.80. The van der Waals surface area contributed by atoms with Crippen LogP contribution in [0.3, 0.4) is 0 Å². The SMILES string of the molecule is COc1ccc(C#Cc2ccc3c(c2)[C@]2(C(=O)N3)[C@H](C(=O)N3CCN(Cc4ccc5c(c4)OCO5)CC3)[C@H]3C(=O)O[C@H](c4ccccc4)[C@H](c4ccccc4)N3[C@@H]2c2ccccc2OCCO)cc1. The fourth-order valence-corrected chi connectivity index (χ4v) is 11.1. The van der Waals surface area contributed by atoms with Crippen molar-refractivity contribution in [3.63, 3.8) is 0 Å². The average Bonchev–Trinajstić information content (AvgIpc) is 4.08. The molecule has 3 saturated heterocycles. The number of carbonyl (C=O) groups excluding carboxylic acids is 3. The number of methoxy groups -OCH3 is 1. The van der Waals surface area contributed by atoms with Crippen LogP contribution in [0.2, 0.25) is 0 Å². The third-order valence-corrected chi connectivity index (χ3v) is 14.1. The Morgan fingerprint density at radius 1 is 0.768 bits per heavy atom. The van der Waals surface area contributed by atoms with Crippen molar-refractivity contribution in [2.45, 2.75) is 36.2 Å². The molecule has 0 radical (unpaired) electrons. The largest absolute Gasteiger partial charge is 0.497 e. The molecule has 13 heteroatoms. The Bertz CT molecular complexity index is 2970. The Hall–Kier alpha value is -7.63. The Morgan fingerprint density at radius 3 is 2.22 bits per heavy atom. The van der Waals surface area contributed by atoms with Gasteiger partial charge in [0.15, 0.2) is 11.5 Å². The van der Waals surface area contributed by atoms with Crippen LogP contribution in [0.4, 0.5) is 5.69 Å². The summed E-state index contributed by atoms with van der Waals surface area (Å²) < 4.78 is 29.6. The summed E-state index contributed by atoms with van der Waals surface area (Å²) in [6.45, 7) is 2.36. The quantitative estimate of drug-likeness (QED) is 0.111. The molecule has 0 saturated carbocycles. The average molecular weight is 923 g/mol. The molecule has 5 heterocycles. The van der Waals surface area contributed by atoms with Crippen molar-refractivity contribution in [3.8, 4) is 34.8 Å². The van der Waals surface area contributed by atoms with Crippen molar-refractivity contribution in [1.29, 1.82) is 0 Å². The van der Waals surface area contributed by atoms with Gasteiger partial charge in [-0.05, 0) is 82.9 Å². The molecule has 5 aliphatic rings. The summed E-state index contributed by atoms with van der Waals surface area (Å²) in [6.07, 6.45) is -0.832. The zero-order chi connectivity index (χ0) is 47.1. The van der Waals surface area contributed by atoms with Crippen molar-refractivity contribution in [2.24, 2.45) is 5.92 Å². The number of esters is 1. The number of hydrogen-bond donors (Lipinski definition) is 2. The fourth-order valence-electron chi connectivity index (χ4n) is 11.1. The van der Waals surface area contributed by atoms with Gasteiger partial charge in [0.1, 0.15) is 35.7 Å². The van der Waals surface area contributed by atoms with E-state index in [4.69, 9.17) is 23.7 Å². The first-order valence-corrected chi connectivity index (χ1v) is 23.3. The van der Waals surface area contributed by atoms with E-state index in [1.54, 1.807) is 13.2 Å². The van der Waals surface area contributed by atoms with Crippen LogP contribution in [0.1, 0.15) is 57.1 Å². The number of amides is 2. The maximum absolute atomic E-state index is 16.1. The van der Waals surface area contributed by atoms with Gasteiger partial charge in [0.25, 0.3) is 0 Å². The molecule has 0 bridgehead atoms. The van der Waals surface area contributed by atoms with E-state index in [0.717, 1.165) is 22.3 Å². The van der Waals surface area contributed by atoms with Gasteiger partial charge < -0.3 is 39.0 Å². The second-order valence-electron chi connectivity index (χ2n) is 17.9. The number of benzene rings is 6. The zero-order valence-electron chi connectivity index (χ0n) is 38.0. The zero-order valence-corrected chi connectivity index (χ0v) is 38.0. The summed E-state index contributed by atoms with van der Waals surface area (Å²) in [4.78, 5) is 53.6. The van der Waals surface area contributed by atoms with Gasteiger partial charge in [-0.25, -0.2) is 0 Å². The van der Waals surface area contributed by atoms with Crippen LogP contribution < -0.4 is 24.3 Å². The topological polar surface area (TPSA) is 139 Å². The van der Waals surface area contributed by atoms with Gasteiger partial charge in [-0.2, -0.15) is 0 Å². The number of aliphatic hydroxyl groups is 1. The number of fused-ring (bicyclic) bond motifs is 4. The molecule has 6 aromatic rings. The van der Waals surface area contributed by atoms with Crippen LogP contribution in [0.25, 0.3) is 0 Å². The van der Waals surface area contributed by atoms with E-state index in [-0.39, 0.29) is 25.9 Å². The van der Waals surface area contributed by atoms with Gasteiger partial charge in [-0.3, -0.25) is 24.2 Å².